The van der Waals surface area contributed by atoms with Crippen molar-refractivity contribution in [3.63, 3.8) is 0 Å². The van der Waals surface area contributed by atoms with E-state index in [1.807, 2.05) is 44.2 Å². The summed E-state index contributed by atoms with van der Waals surface area (Å²) >= 11 is 0. The highest BCUT2D eigenvalue weighted by Crippen LogP contribution is 2.14. The van der Waals surface area contributed by atoms with E-state index in [1.54, 1.807) is 27.0 Å². The average molecular weight is 370 g/mol. The fourth-order valence-corrected chi connectivity index (χ4v) is 2.44. The Morgan fingerprint density at radius 2 is 1.89 bits per heavy atom. The maximum atomic E-state index is 12.4. The number of nitrogens with zero attached hydrogens (tertiary/aromatic N) is 2. The number of para-hydroxylation sites is 1. The first-order valence-corrected chi connectivity index (χ1v) is 8.83. The number of carbonyl (C=O) groups excluding carboxylic acids is 2. The number of carbonyl (C=O) groups is 2. The van der Waals surface area contributed by atoms with Crippen molar-refractivity contribution in [2.45, 2.75) is 46.3 Å². The van der Waals surface area contributed by atoms with Gasteiger partial charge in [-0.2, -0.15) is 5.10 Å². The highest BCUT2D eigenvalue weighted by atomic mass is 16.6. The summed E-state index contributed by atoms with van der Waals surface area (Å²) in [5.74, 6) is -0.549. The Bertz CT molecular complexity index is 835. The number of alkyl carbamates (subject to hydrolysis) is 1. The van der Waals surface area contributed by atoms with Crippen LogP contribution in [0.25, 0.3) is 10.9 Å². The van der Waals surface area contributed by atoms with Gasteiger partial charge in [-0.05, 0) is 32.8 Å². The zero-order valence-corrected chi connectivity index (χ0v) is 16.3. The van der Waals surface area contributed by atoms with Crippen molar-refractivity contribution in [3.8, 4) is 0 Å². The predicted molar refractivity (Wildman–Crippen MR) is 105 cm³/mol. The lowest BCUT2D eigenvalue weighted by Crippen LogP contribution is -2.49. The number of hydrazone groups is 1. The summed E-state index contributed by atoms with van der Waals surface area (Å²) in [6.45, 7) is 8.96. The van der Waals surface area contributed by atoms with Crippen LogP contribution in [0, 0.1) is 5.92 Å². The van der Waals surface area contributed by atoms with Crippen LogP contribution in [0.1, 0.15) is 40.2 Å². The summed E-state index contributed by atoms with van der Waals surface area (Å²) in [4.78, 5) is 28.7. The van der Waals surface area contributed by atoms with Crippen molar-refractivity contribution < 1.29 is 14.3 Å². The quantitative estimate of drug-likeness (QED) is 0.624. The highest BCUT2D eigenvalue weighted by molar-refractivity contribution is 5.97. The van der Waals surface area contributed by atoms with Crippen LogP contribution in [-0.4, -0.2) is 34.8 Å². The Morgan fingerprint density at radius 1 is 1.19 bits per heavy atom. The molecule has 2 aromatic rings. The second-order valence-electron chi connectivity index (χ2n) is 7.52. The molecule has 0 aliphatic rings. The maximum absolute atomic E-state index is 12.4. The standard InChI is InChI=1S/C20H26N4O3/c1-13(2)16(23-19(26)27-20(3,4)5)18(25)24-22-12-15-9-6-8-14-10-7-11-21-17(14)15/h6-13,16H,1-5H3,(H,23,26)(H,24,25)/b22-12-/t16-/m0/s1. The van der Waals surface area contributed by atoms with Gasteiger partial charge in [-0.15, -0.1) is 0 Å². The molecule has 7 nitrogen and oxygen atoms in total. The SMILES string of the molecule is CC(C)[C@H](NC(=O)OC(C)(C)C)C(=O)N/N=C\c1cccc2cccnc12. The molecule has 144 valence electrons. The van der Waals surface area contributed by atoms with E-state index in [0.29, 0.717) is 0 Å². The van der Waals surface area contributed by atoms with Crippen molar-refractivity contribution in [1.82, 2.24) is 15.7 Å². The molecule has 1 atom stereocenters. The van der Waals surface area contributed by atoms with Gasteiger partial charge in [0.05, 0.1) is 11.7 Å². The van der Waals surface area contributed by atoms with Gasteiger partial charge in [-0.25, -0.2) is 10.2 Å². The molecule has 7 heteroatoms. The number of hydrogen-bond donors (Lipinski definition) is 2. The lowest BCUT2D eigenvalue weighted by molar-refractivity contribution is -0.124. The first kappa shape index (κ1) is 20.4. The van der Waals surface area contributed by atoms with E-state index in [1.165, 1.54) is 6.21 Å². The van der Waals surface area contributed by atoms with E-state index < -0.39 is 23.6 Å². The third kappa shape index (κ3) is 6.06. The number of fused-ring (bicyclic) bond motifs is 1. The molecule has 0 aliphatic carbocycles. The number of aromatic nitrogens is 1. The zero-order valence-electron chi connectivity index (χ0n) is 16.3. The fourth-order valence-electron chi connectivity index (χ4n) is 2.44. The molecule has 27 heavy (non-hydrogen) atoms. The van der Waals surface area contributed by atoms with E-state index in [4.69, 9.17) is 4.74 Å². The maximum Gasteiger partial charge on any atom is 0.408 e. The molecule has 0 radical (unpaired) electrons. The molecule has 1 aromatic carbocycles. The molecule has 0 saturated carbocycles. The predicted octanol–water partition coefficient (Wildman–Crippen LogP) is 3.23. The molecule has 0 fully saturated rings. The van der Waals surface area contributed by atoms with Crippen molar-refractivity contribution in [2.24, 2.45) is 11.0 Å². The summed E-state index contributed by atoms with van der Waals surface area (Å²) in [7, 11) is 0. The van der Waals surface area contributed by atoms with Crippen LogP contribution in [0.15, 0.2) is 41.6 Å². The second-order valence-corrected chi connectivity index (χ2v) is 7.52. The minimum atomic E-state index is -0.761. The number of rotatable bonds is 5. The van der Waals surface area contributed by atoms with Gasteiger partial charge >= 0.3 is 6.09 Å². The number of nitrogens with one attached hydrogen (secondary N) is 2. The van der Waals surface area contributed by atoms with Crippen LogP contribution in [0.4, 0.5) is 4.79 Å². The first-order valence-electron chi connectivity index (χ1n) is 8.83. The van der Waals surface area contributed by atoms with Gasteiger partial charge in [-0.3, -0.25) is 9.78 Å². The monoisotopic (exact) mass is 370 g/mol. The van der Waals surface area contributed by atoms with Gasteiger partial charge in [0.25, 0.3) is 5.91 Å². The molecule has 2 amide bonds. The molecule has 0 saturated heterocycles. The Labute approximate surface area is 159 Å². The summed E-state index contributed by atoms with van der Waals surface area (Å²) in [5, 5.41) is 7.60. The molecule has 1 heterocycles. The molecule has 0 unspecified atom stereocenters. The third-order valence-electron chi connectivity index (χ3n) is 3.66. The lowest BCUT2D eigenvalue weighted by Gasteiger charge is -2.24. The number of benzene rings is 1. The van der Waals surface area contributed by atoms with Crippen LogP contribution >= 0.6 is 0 Å². The van der Waals surface area contributed by atoms with E-state index in [-0.39, 0.29) is 5.92 Å². The second kappa shape index (κ2) is 8.62. The topological polar surface area (TPSA) is 92.7 Å². The molecular formula is C20H26N4O3. The minimum absolute atomic E-state index is 0.132. The Kier molecular flexibility index (Phi) is 6.50. The van der Waals surface area contributed by atoms with Crippen molar-refractivity contribution in [2.75, 3.05) is 0 Å². The molecule has 2 rings (SSSR count). The Balaban J connectivity index is 2.05. The van der Waals surface area contributed by atoms with Crippen LogP contribution in [0.3, 0.4) is 0 Å². The van der Waals surface area contributed by atoms with Crippen molar-refractivity contribution in [3.05, 3.63) is 42.1 Å². The van der Waals surface area contributed by atoms with Gasteiger partial charge in [0.1, 0.15) is 11.6 Å². The first-order chi connectivity index (χ1) is 12.7. The van der Waals surface area contributed by atoms with Gasteiger partial charge in [0.2, 0.25) is 0 Å². The number of amides is 2. The third-order valence-corrected chi connectivity index (χ3v) is 3.66. The van der Waals surface area contributed by atoms with Crippen LogP contribution in [0.2, 0.25) is 0 Å². The molecule has 0 spiro atoms. The molecule has 0 aliphatic heterocycles. The normalized spacial score (nSPS) is 13.0. The van der Waals surface area contributed by atoms with Gasteiger partial charge in [-0.1, -0.05) is 38.1 Å². The average Bonchev–Trinajstić information content (AvgIpc) is 2.58. The highest BCUT2D eigenvalue weighted by Gasteiger charge is 2.26. The lowest BCUT2D eigenvalue weighted by atomic mass is 10.0. The van der Waals surface area contributed by atoms with Crippen LogP contribution in [0.5, 0.6) is 0 Å². The summed E-state index contributed by atoms with van der Waals surface area (Å²) in [6, 6.07) is 8.77. The van der Waals surface area contributed by atoms with E-state index >= 15 is 0 Å². The summed E-state index contributed by atoms with van der Waals surface area (Å²) < 4.78 is 5.21. The van der Waals surface area contributed by atoms with E-state index in [0.717, 1.165) is 16.5 Å². The molecular weight excluding hydrogens is 344 g/mol. The minimum Gasteiger partial charge on any atom is -0.444 e. The number of hydrogen-bond acceptors (Lipinski definition) is 5. The largest absolute Gasteiger partial charge is 0.444 e. The molecule has 2 N–H and O–H groups in total. The smallest absolute Gasteiger partial charge is 0.408 e. The summed E-state index contributed by atoms with van der Waals surface area (Å²) in [6.07, 6.45) is 2.61. The van der Waals surface area contributed by atoms with Crippen molar-refractivity contribution in [1.29, 1.82) is 0 Å². The van der Waals surface area contributed by atoms with Gasteiger partial charge in [0.15, 0.2) is 0 Å². The van der Waals surface area contributed by atoms with Gasteiger partial charge < -0.3 is 10.1 Å². The number of pyridine rings is 1. The van der Waals surface area contributed by atoms with Crippen LogP contribution < -0.4 is 10.7 Å². The Hall–Kier alpha value is -2.96. The van der Waals surface area contributed by atoms with E-state index in [2.05, 4.69) is 20.8 Å². The van der Waals surface area contributed by atoms with Crippen molar-refractivity contribution >= 4 is 29.1 Å². The summed E-state index contributed by atoms with van der Waals surface area (Å²) in [5.41, 5.74) is 3.42. The molecule has 1 aromatic heterocycles. The van der Waals surface area contributed by atoms with E-state index in [9.17, 15) is 9.59 Å². The van der Waals surface area contributed by atoms with Gasteiger partial charge in [0, 0.05) is 17.1 Å². The zero-order chi connectivity index (χ0) is 20.0. The fraction of sp³-hybridized carbons (Fsp3) is 0.400. The Morgan fingerprint density at radius 3 is 2.56 bits per heavy atom. The van der Waals surface area contributed by atoms with Crippen LogP contribution in [-0.2, 0) is 9.53 Å². The number of ether oxygens (including phenoxy) is 1. The molecule has 0 bridgehead atoms.